The zero-order valence-corrected chi connectivity index (χ0v) is 25.0. The van der Waals surface area contributed by atoms with Crippen molar-refractivity contribution in [2.24, 2.45) is 39.7 Å². The van der Waals surface area contributed by atoms with E-state index in [0.29, 0.717) is 56.1 Å². The molecular formula is C31H52N4O3. The van der Waals surface area contributed by atoms with Gasteiger partial charge < -0.3 is 15.5 Å². The lowest BCUT2D eigenvalue weighted by atomic mass is 9.46. The van der Waals surface area contributed by atoms with E-state index in [2.05, 4.69) is 57.3 Å². The van der Waals surface area contributed by atoms with Crippen LogP contribution in [0.4, 0.5) is 4.79 Å². The second-order valence-corrected chi connectivity index (χ2v) is 14.0. The fourth-order valence-corrected chi connectivity index (χ4v) is 8.58. The molecule has 0 heterocycles. The molecule has 0 aliphatic heterocycles. The fourth-order valence-electron chi connectivity index (χ4n) is 8.58. The minimum Gasteiger partial charge on any atom is -0.318 e. The number of carbonyl (C=O) groups excluding carboxylic acids is 2. The highest BCUT2D eigenvalue weighted by atomic mass is 16.7. The van der Waals surface area contributed by atoms with Crippen LogP contribution in [0, 0.1) is 34.5 Å². The molecule has 7 heteroatoms. The Labute approximate surface area is 230 Å². The monoisotopic (exact) mass is 528 g/mol. The number of oxime groups is 1. The van der Waals surface area contributed by atoms with Gasteiger partial charge in [0.05, 0.1) is 5.71 Å². The maximum Gasteiger partial charge on any atom is 0.436 e. The Morgan fingerprint density at radius 3 is 2.53 bits per heavy atom. The van der Waals surface area contributed by atoms with Gasteiger partial charge in [0.25, 0.3) is 0 Å². The van der Waals surface area contributed by atoms with E-state index >= 15 is 0 Å². The third-order valence-electron chi connectivity index (χ3n) is 10.7. The molecule has 4 aliphatic rings. The zero-order chi connectivity index (χ0) is 27.7. The second kappa shape index (κ2) is 11.4. The summed E-state index contributed by atoms with van der Waals surface area (Å²) in [6.45, 7) is 15.9. The molecule has 214 valence electrons. The molecule has 4 aliphatic carbocycles. The predicted molar refractivity (Wildman–Crippen MR) is 153 cm³/mol. The van der Waals surface area contributed by atoms with Gasteiger partial charge >= 0.3 is 6.09 Å². The van der Waals surface area contributed by atoms with Crippen LogP contribution in [0.3, 0.4) is 0 Å². The van der Waals surface area contributed by atoms with Gasteiger partial charge in [-0.3, -0.25) is 9.63 Å². The highest BCUT2D eigenvalue weighted by Gasteiger charge is 2.59. The molecule has 0 spiro atoms. The molecule has 6 atom stereocenters. The van der Waals surface area contributed by atoms with Crippen molar-refractivity contribution in [3.05, 3.63) is 11.6 Å². The number of ketones is 1. The topological polar surface area (TPSA) is 83.0 Å². The molecule has 0 saturated heterocycles. The Morgan fingerprint density at radius 1 is 1.08 bits per heavy atom. The highest BCUT2D eigenvalue weighted by Crippen LogP contribution is 2.66. The highest BCUT2D eigenvalue weighted by molar-refractivity contribution is 5.91. The van der Waals surface area contributed by atoms with Gasteiger partial charge in [0.1, 0.15) is 0 Å². The minimum absolute atomic E-state index is 0.00278. The maximum absolute atomic E-state index is 13.0. The zero-order valence-electron chi connectivity index (χ0n) is 25.0. The quantitative estimate of drug-likeness (QED) is 0.245. The number of nitrogens with one attached hydrogen (secondary N) is 2. The molecule has 0 aromatic carbocycles. The number of amides is 1. The van der Waals surface area contributed by atoms with E-state index in [1.165, 1.54) is 31.3 Å². The van der Waals surface area contributed by atoms with Crippen LogP contribution in [0.25, 0.3) is 0 Å². The van der Waals surface area contributed by atoms with Crippen LogP contribution >= 0.6 is 0 Å². The van der Waals surface area contributed by atoms with Gasteiger partial charge in [-0.1, -0.05) is 24.6 Å². The molecule has 0 bridgehead atoms. The number of hydrogen-bond acceptors (Lipinski definition) is 6. The molecule has 0 unspecified atom stereocenters. The van der Waals surface area contributed by atoms with Gasteiger partial charge in [0, 0.05) is 44.1 Å². The lowest BCUT2D eigenvalue weighted by Crippen LogP contribution is -2.51. The summed E-state index contributed by atoms with van der Waals surface area (Å²) < 4.78 is 0. The number of rotatable bonds is 8. The summed E-state index contributed by atoms with van der Waals surface area (Å²) in [5, 5.41) is 11.0. The lowest BCUT2D eigenvalue weighted by Gasteiger charge is -2.58. The Kier molecular flexibility index (Phi) is 8.78. The predicted octanol–water partition coefficient (Wildman–Crippen LogP) is 5.56. The Balaban J connectivity index is 1.41. The van der Waals surface area contributed by atoms with Crippen LogP contribution in [0.15, 0.2) is 16.8 Å². The number of nitrogens with zero attached hydrogens (tertiary/aromatic N) is 2. The van der Waals surface area contributed by atoms with E-state index in [0.717, 1.165) is 30.9 Å². The van der Waals surface area contributed by atoms with Gasteiger partial charge in [-0.25, -0.2) is 4.79 Å². The van der Waals surface area contributed by atoms with Gasteiger partial charge in [0.2, 0.25) is 0 Å². The third-order valence-corrected chi connectivity index (χ3v) is 10.7. The fraction of sp³-hybridized carbons (Fsp3) is 0.839. The third kappa shape index (κ3) is 5.89. The van der Waals surface area contributed by atoms with Crippen LogP contribution in [0.5, 0.6) is 0 Å². The van der Waals surface area contributed by atoms with E-state index < -0.39 is 0 Å². The first-order valence-corrected chi connectivity index (χ1v) is 15.0. The van der Waals surface area contributed by atoms with Crippen LogP contribution in [0.2, 0.25) is 0 Å². The van der Waals surface area contributed by atoms with Crippen molar-refractivity contribution in [1.82, 2.24) is 15.5 Å². The number of likely N-dealkylation sites (N-methyl/N-ethyl adjacent to an activating group) is 1. The van der Waals surface area contributed by atoms with Crippen molar-refractivity contribution >= 4 is 17.6 Å². The van der Waals surface area contributed by atoms with E-state index in [-0.39, 0.29) is 22.5 Å². The van der Waals surface area contributed by atoms with Crippen molar-refractivity contribution in [1.29, 1.82) is 0 Å². The number of carbonyl (C=O) groups is 2. The Hall–Kier alpha value is -1.73. The lowest BCUT2D eigenvalue weighted by molar-refractivity contribution is -0.117. The minimum atomic E-state index is -0.370. The average molecular weight is 529 g/mol. The average Bonchev–Trinajstić information content (AvgIpc) is 3.21. The Bertz CT molecular complexity index is 953. The maximum atomic E-state index is 13.0. The molecule has 38 heavy (non-hydrogen) atoms. The first-order valence-electron chi connectivity index (χ1n) is 15.0. The molecule has 4 rings (SSSR count). The van der Waals surface area contributed by atoms with Crippen molar-refractivity contribution in [3.63, 3.8) is 0 Å². The van der Waals surface area contributed by atoms with Crippen molar-refractivity contribution in [2.75, 3.05) is 33.2 Å². The molecule has 1 amide bonds. The second-order valence-electron chi connectivity index (χ2n) is 14.0. The van der Waals surface area contributed by atoms with Crippen LogP contribution in [-0.2, 0) is 9.63 Å². The SMILES string of the molecule is CNCCN(CCNC(C)(C)C)C(=O)O/N=C(\C)[C@H]1CC[C@H]2[C@@H]3CCC4=CC(=O)CC[C@]4(C)[C@H]3CC[C@]12C. The summed E-state index contributed by atoms with van der Waals surface area (Å²) in [6, 6.07) is 0. The molecule has 2 N–H and O–H groups in total. The Morgan fingerprint density at radius 2 is 1.82 bits per heavy atom. The summed E-state index contributed by atoms with van der Waals surface area (Å²) in [4.78, 5) is 32.4. The first kappa shape index (κ1) is 29.3. The molecule has 7 nitrogen and oxygen atoms in total. The summed E-state index contributed by atoms with van der Waals surface area (Å²) >= 11 is 0. The summed E-state index contributed by atoms with van der Waals surface area (Å²) in [5.74, 6) is 2.77. The molecule has 0 aromatic rings. The molecule has 0 radical (unpaired) electrons. The normalized spacial score (nSPS) is 35.2. The van der Waals surface area contributed by atoms with Crippen molar-refractivity contribution in [3.8, 4) is 0 Å². The van der Waals surface area contributed by atoms with Crippen LogP contribution in [0.1, 0.15) is 92.9 Å². The number of hydrogen-bond donors (Lipinski definition) is 2. The van der Waals surface area contributed by atoms with Crippen molar-refractivity contribution in [2.45, 2.75) is 98.4 Å². The summed E-state index contributed by atoms with van der Waals surface area (Å²) in [6.07, 6.45) is 10.4. The van der Waals surface area contributed by atoms with Gasteiger partial charge in [-0.05, 0) is 114 Å². The van der Waals surface area contributed by atoms with Crippen LogP contribution in [-0.4, -0.2) is 61.3 Å². The molecule has 3 fully saturated rings. The number of fused-ring (bicyclic) bond motifs is 5. The van der Waals surface area contributed by atoms with Gasteiger partial charge in [0.15, 0.2) is 5.78 Å². The van der Waals surface area contributed by atoms with Crippen LogP contribution < -0.4 is 10.6 Å². The molecule has 3 saturated carbocycles. The standard InChI is InChI=1S/C31H52N4O3/c1-21(34-38-28(37)35(18-16-32-7)19-17-33-29(2,3)4)25-10-11-26-24-9-8-22-20-23(36)12-14-30(22,5)27(24)13-15-31(25,26)6/h20,24-27,32-33H,8-19H2,1-7H3/b34-21+/t24-,25+,26-,27-,30-,31+/m0/s1. The first-order chi connectivity index (χ1) is 17.9. The van der Waals surface area contributed by atoms with Gasteiger partial charge in [-0.15, -0.1) is 0 Å². The summed E-state index contributed by atoms with van der Waals surface area (Å²) in [5.41, 5.74) is 2.80. The number of allylic oxidation sites excluding steroid dienone is 1. The van der Waals surface area contributed by atoms with Gasteiger partial charge in [-0.2, -0.15) is 0 Å². The van der Waals surface area contributed by atoms with E-state index in [1.807, 2.05) is 13.1 Å². The smallest absolute Gasteiger partial charge is 0.318 e. The van der Waals surface area contributed by atoms with E-state index in [9.17, 15) is 9.59 Å². The largest absolute Gasteiger partial charge is 0.436 e. The van der Waals surface area contributed by atoms with E-state index in [1.54, 1.807) is 4.90 Å². The molecule has 0 aromatic heterocycles. The van der Waals surface area contributed by atoms with Crippen molar-refractivity contribution < 1.29 is 14.4 Å². The molecular weight excluding hydrogens is 476 g/mol. The summed E-state index contributed by atoms with van der Waals surface area (Å²) in [7, 11) is 1.89. The van der Waals surface area contributed by atoms with E-state index in [4.69, 9.17) is 4.84 Å².